The Morgan fingerprint density at radius 1 is 0.370 bits per heavy atom. The van der Waals surface area contributed by atoms with Crippen LogP contribution < -0.4 is 10.4 Å². The second-order valence-corrected chi connectivity index (χ2v) is 13.6. The Kier molecular flexibility index (Phi) is 4.63. The molecule has 3 rings (SSSR count). The summed E-state index contributed by atoms with van der Waals surface area (Å²) in [4.78, 5) is 0. The largest absolute Gasteiger partial charge is 0.114 e. The van der Waals surface area contributed by atoms with Crippen molar-refractivity contribution in [1.82, 2.24) is 0 Å². The lowest BCUT2D eigenvalue weighted by molar-refractivity contribution is 1.21. The van der Waals surface area contributed by atoms with Crippen molar-refractivity contribution in [1.29, 1.82) is 0 Å². The van der Waals surface area contributed by atoms with Gasteiger partial charge in [0.05, 0.1) is 0 Å². The van der Waals surface area contributed by atoms with Gasteiger partial charge in [-0.05, 0) is 146 Å². The van der Waals surface area contributed by atoms with E-state index in [1.165, 1.54) is 55.7 Å². The molecule has 0 bridgehead atoms. The van der Waals surface area contributed by atoms with E-state index in [1.54, 1.807) is 21.5 Å². The zero-order valence-electron chi connectivity index (χ0n) is 19.5. The Morgan fingerprint density at radius 3 is 0.926 bits per heavy atom. The molecule has 1 aliphatic rings. The van der Waals surface area contributed by atoms with Crippen LogP contribution in [0.25, 0.3) is 11.1 Å². The van der Waals surface area contributed by atoms with Crippen LogP contribution >= 0.6 is 0 Å². The highest BCUT2D eigenvalue weighted by atomic mass is 28.3. The molecule has 0 fully saturated rings. The Morgan fingerprint density at radius 2 is 0.630 bits per heavy atom. The summed E-state index contributed by atoms with van der Waals surface area (Å²) in [6.07, 6.45) is 0. The van der Waals surface area contributed by atoms with Gasteiger partial charge < -0.3 is 0 Å². The molecule has 0 unspecified atom stereocenters. The number of allylic oxidation sites excluding steroid dienone is 2. The summed E-state index contributed by atoms with van der Waals surface area (Å²) in [5, 5.41) is 3.34. The van der Waals surface area contributed by atoms with E-state index in [0.717, 1.165) is 0 Å². The third-order valence-corrected chi connectivity index (χ3v) is 11.7. The average molecular weight is 377 g/mol. The van der Waals surface area contributed by atoms with Crippen LogP contribution in [0.2, 0.25) is 13.1 Å². The van der Waals surface area contributed by atoms with Gasteiger partial charge in [0.1, 0.15) is 8.07 Å². The van der Waals surface area contributed by atoms with Gasteiger partial charge in [0.25, 0.3) is 0 Å². The fourth-order valence-corrected chi connectivity index (χ4v) is 10.1. The molecule has 0 aromatic heterocycles. The van der Waals surface area contributed by atoms with Crippen LogP contribution in [-0.2, 0) is 0 Å². The molecule has 0 N–H and O–H groups in total. The average Bonchev–Trinajstić information content (AvgIpc) is 2.67. The molecule has 27 heavy (non-hydrogen) atoms. The molecule has 1 aliphatic heterocycles. The third-order valence-electron chi connectivity index (χ3n) is 7.94. The van der Waals surface area contributed by atoms with Crippen LogP contribution in [0.3, 0.4) is 0 Å². The Bertz CT molecular complexity index is 948. The van der Waals surface area contributed by atoms with E-state index in [-0.39, 0.29) is 0 Å². The van der Waals surface area contributed by atoms with E-state index >= 15 is 0 Å². The van der Waals surface area contributed by atoms with Crippen LogP contribution in [0.5, 0.6) is 0 Å². The van der Waals surface area contributed by atoms with E-state index in [1.807, 2.05) is 0 Å². The molecule has 0 nitrogen and oxygen atoms in total. The second-order valence-electron chi connectivity index (χ2n) is 9.38. The molecule has 0 aliphatic carbocycles. The standard InChI is InChI=1S/C26H36Si/c1-13-15(3)21(9)25-23(17(13)5)19(7)20(8)24-18(6)14(2)16(4)22(10)26(24)27(25,11)12/h1-12H3. The lowest BCUT2D eigenvalue weighted by Crippen LogP contribution is -2.57. The van der Waals surface area contributed by atoms with E-state index < -0.39 is 8.07 Å². The van der Waals surface area contributed by atoms with Crippen molar-refractivity contribution in [2.45, 2.75) is 82.3 Å². The number of hydrogen-bond acceptors (Lipinski definition) is 0. The Hall–Kier alpha value is -1.60. The number of fused-ring (bicyclic) bond motifs is 2. The highest BCUT2D eigenvalue weighted by Crippen LogP contribution is 2.38. The van der Waals surface area contributed by atoms with E-state index in [9.17, 15) is 0 Å². The summed E-state index contributed by atoms with van der Waals surface area (Å²) >= 11 is 0. The van der Waals surface area contributed by atoms with Crippen LogP contribution in [0.1, 0.15) is 69.5 Å². The molecule has 0 radical (unpaired) electrons. The van der Waals surface area contributed by atoms with Gasteiger partial charge in [-0.25, -0.2) is 0 Å². The summed E-state index contributed by atoms with van der Waals surface area (Å²) in [5.41, 5.74) is 18.0. The minimum atomic E-state index is -1.87. The van der Waals surface area contributed by atoms with Gasteiger partial charge in [0.2, 0.25) is 0 Å². The highest BCUT2D eigenvalue weighted by Gasteiger charge is 2.39. The topological polar surface area (TPSA) is 0 Å². The molecule has 0 spiro atoms. The third kappa shape index (κ3) is 2.47. The zero-order valence-corrected chi connectivity index (χ0v) is 20.5. The molecular weight excluding hydrogens is 340 g/mol. The van der Waals surface area contributed by atoms with Gasteiger partial charge in [-0.1, -0.05) is 13.1 Å². The van der Waals surface area contributed by atoms with Crippen molar-refractivity contribution in [3.05, 3.63) is 55.6 Å². The first kappa shape index (κ1) is 20.1. The Labute approximate surface area is 167 Å². The van der Waals surface area contributed by atoms with Gasteiger partial charge in [-0.3, -0.25) is 0 Å². The predicted octanol–water partition coefficient (Wildman–Crippen LogP) is 6.24. The van der Waals surface area contributed by atoms with Crippen LogP contribution in [-0.4, -0.2) is 8.07 Å². The fraction of sp³-hybridized carbons (Fsp3) is 0.462. The summed E-state index contributed by atoms with van der Waals surface area (Å²) in [7, 11) is -1.87. The maximum Gasteiger partial charge on any atom is 0.114 e. The summed E-state index contributed by atoms with van der Waals surface area (Å²) in [6.45, 7) is 28.5. The maximum atomic E-state index is 2.58. The van der Waals surface area contributed by atoms with Crippen molar-refractivity contribution in [3.63, 3.8) is 0 Å². The Balaban J connectivity index is 2.69. The molecule has 2 aromatic carbocycles. The minimum absolute atomic E-state index is 1.47. The molecule has 144 valence electrons. The van der Waals surface area contributed by atoms with Crippen LogP contribution in [0, 0.1) is 55.4 Å². The molecule has 1 heterocycles. The summed E-state index contributed by atoms with van der Waals surface area (Å²) < 4.78 is 0. The number of hydrogen-bond donors (Lipinski definition) is 0. The highest BCUT2D eigenvalue weighted by molar-refractivity contribution is 7.02. The zero-order chi connectivity index (χ0) is 20.6. The normalized spacial score (nSPS) is 15.6. The first-order valence-electron chi connectivity index (χ1n) is 10.2. The molecule has 1 heteroatoms. The van der Waals surface area contributed by atoms with Gasteiger partial charge >= 0.3 is 0 Å². The van der Waals surface area contributed by atoms with Gasteiger partial charge in [-0.2, -0.15) is 0 Å². The lowest BCUT2D eigenvalue weighted by atomic mass is 9.85. The first-order chi connectivity index (χ1) is 12.4. The van der Waals surface area contributed by atoms with Crippen LogP contribution in [0.4, 0.5) is 0 Å². The fourth-order valence-electron chi connectivity index (χ4n) is 5.62. The SMILES string of the molecule is CC1=C(C)c2c(C)c(C)c(C)c(C)c2[Si](C)(C)c2c(C)c(C)c(C)c(C)c21. The van der Waals surface area contributed by atoms with E-state index in [2.05, 4.69) is 82.3 Å². The summed E-state index contributed by atoms with van der Waals surface area (Å²) in [5.74, 6) is 0. The second kappa shape index (κ2) is 6.20. The molecular formula is C26H36Si. The minimum Gasteiger partial charge on any atom is -0.0616 e. The number of benzene rings is 2. The molecule has 2 aromatic rings. The smallest absolute Gasteiger partial charge is 0.0616 e. The van der Waals surface area contributed by atoms with E-state index in [4.69, 9.17) is 0 Å². The van der Waals surface area contributed by atoms with E-state index in [0.29, 0.717) is 0 Å². The van der Waals surface area contributed by atoms with Crippen molar-refractivity contribution in [2.75, 3.05) is 0 Å². The first-order valence-corrected chi connectivity index (χ1v) is 13.2. The van der Waals surface area contributed by atoms with Crippen LogP contribution in [0.15, 0.2) is 0 Å². The van der Waals surface area contributed by atoms with Gasteiger partial charge in [0, 0.05) is 0 Å². The van der Waals surface area contributed by atoms with Crippen molar-refractivity contribution in [3.8, 4) is 0 Å². The maximum absolute atomic E-state index is 2.58. The summed E-state index contributed by atoms with van der Waals surface area (Å²) in [6, 6.07) is 0. The molecule has 0 saturated carbocycles. The molecule has 0 atom stereocenters. The quantitative estimate of drug-likeness (QED) is 0.477. The predicted molar refractivity (Wildman–Crippen MR) is 126 cm³/mol. The number of rotatable bonds is 0. The lowest BCUT2D eigenvalue weighted by Gasteiger charge is -2.34. The molecule has 0 saturated heterocycles. The molecule has 0 amide bonds. The van der Waals surface area contributed by atoms with Gasteiger partial charge in [-0.15, -0.1) is 0 Å². The van der Waals surface area contributed by atoms with Gasteiger partial charge in [0.15, 0.2) is 0 Å². The monoisotopic (exact) mass is 376 g/mol. The van der Waals surface area contributed by atoms with Crippen molar-refractivity contribution in [2.24, 2.45) is 0 Å². The van der Waals surface area contributed by atoms with Crippen molar-refractivity contribution >= 4 is 29.6 Å². The van der Waals surface area contributed by atoms with Crippen molar-refractivity contribution < 1.29 is 0 Å².